The first kappa shape index (κ1) is 16.5. The number of aliphatic carboxylic acids is 1. The number of thiophene rings is 1. The fraction of sp³-hybridized carbons (Fsp3) is 0.250. The van der Waals surface area contributed by atoms with Gasteiger partial charge in [0.25, 0.3) is 0 Å². The molecule has 116 valence electrons. The number of hydrogen-bond acceptors (Lipinski definition) is 3. The number of hydrogen-bond donors (Lipinski definition) is 2. The van der Waals surface area contributed by atoms with Gasteiger partial charge in [0.05, 0.1) is 16.7 Å². The predicted octanol–water partition coefficient (Wildman–Crippen LogP) is 3.00. The molecule has 0 aliphatic heterocycles. The van der Waals surface area contributed by atoms with Crippen LogP contribution in [0, 0.1) is 5.92 Å². The minimum absolute atomic E-state index is 0.113. The predicted molar refractivity (Wildman–Crippen MR) is 87.3 cm³/mol. The van der Waals surface area contributed by atoms with E-state index in [-0.39, 0.29) is 18.9 Å². The molecule has 1 unspecified atom stereocenters. The molecule has 0 fully saturated rings. The molecule has 1 atom stereocenters. The second-order valence-corrected chi connectivity index (χ2v) is 6.71. The number of carboxylic acids is 1. The van der Waals surface area contributed by atoms with Crippen molar-refractivity contribution >= 4 is 34.8 Å². The van der Waals surface area contributed by atoms with Crippen molar-refractivity contribution in [2.24, 2.45) is 5.92 Å². The van der Waals surface area contributed by atoms with Crippen LogP contribution in [-0.4, -0.2) is 23.5 Å². The highest BCUT2D eigenvalue weighted by atomic mass is 35.5. The molecule has 22 heavy (non-hydrogen) atoms. The molecule has 4 nitrogen and oxygen atoms in total. The lowest BCUT2D eigenvalue weighted by molar-refractivity contribution is -0.141. The van der Waals surface area contributed by atoms with Crippen LogP contribution < -0.4 is 5.32 Å². The molecule has 6 heteroatoms. The number of carbonyl (C=O) groups excluding carboxylic acids is 1. The number of halogens is 1. The standard InChI is InChI=1S/C16H16ClNO3S/c17-14-7-6-13(22-14)9-15(19)18-10-12(16(20)21)8-11-4-2-1-3-5-11/h1-7,12H,8-10H2,(H,18,19)(H,20,21). The second-order valence-electron chi connectivity index (χ2n) is 4.91. The summed E-state index contributed by atoms with van der Waals surface area (Å²) < 4.78 is 0.635. The first-order valence-electron chi connectivity index (χ1n) is 6.82. The Hall–Kier alpha value is -1.85. The molecule has 0 aliphatic rings. The third kappa shape index (κ3) is 5.16. The van der Waals surface area contributed by atoms with E-state index in [2.05, 4.69) is 5.32 Å². The Morgan fingerprint density at radius 2 is 1.91 bits per heavy atom. The lowest BCUT2D eigenvalue weighted by atomic mass is 9.99. The van der Waals surface area contributed by atoms with Gasteiger partial charge in [-0.3, -0.25) is 9.59 Å². The maximum atomic E-state index is 11.9. The first-order chi connectivity index (χ1) is 10.5. The van der Waals surface area contributed by atoms with Crippen LogP contribution in [0.4, 0.5) is 0 Å². The number of carbonyl (C=O) groups is 2. The third-order valence-corrected chi connectivity index (χ3v) is 4.41. The van der Waals surface area contributed by atoms with E-state index in [9.17, 15) is 14.7 Å². The number of nitrogens with one attached hydrogen (secondary N) is 1. The number of carboxylic acid groups (broad SMARTS) is 1. The van der Waals surface area contributed by atoms with Gasteiger partial charge in [-0.2, -0.15) is 0 Å². The van der Waals surface area contributed by atoms with E-state index in [1.54, 1.807) is 12.1 Å². The van der Waals surface area contributed by atoms with Crippen LogP contribution in [0.15, 0.2) is 42.5 Å². The van der Waals surface area contributed by atoms with Crippen molar-refractivity contribution < 1.29 is 14.7 Å². The Bertz CT molecular complexity index is 642. The van der Waals surface area contributed by atoms with Crippen LogP contribution >= 0.6 is 22.9 Å². The molecule has 0 bridgehead atoms. The largest absolute Gasteiger partial charge is 0.481 e. The summed E-state index contributed by atoms with van der Waals surface area (Å²) in [6, 6.07) is 12.9. The summed E-state index contributed by atoms with van der Waals surface area (Å²) in [6.07, 6.45) is 0.607. The summed E-state index contributed by atoms with van der Waals surface area (Å²) in [6.45, 7) is 0.113. The van der Waals surface area contributed by atoms with Crippen molar-refractivity contribution in [3.8, 4) is 0 Å². The zero-order valence-electron chi connectivity index (χ0n) is 11.8. The number of amides is 1. The van der Waals surface area contributed by atoms with E-state index in [4.69, 9.17) is 11.6 Å². The van der Waals surface area contributed by atoms with Gasteiger partial charge in [-0.05, 0) is 24.1 Å². The average molecular weight is 338 g/mol. The monoisotopic (exact) mass is 337 g/mol. The first-order valence-corrected chi connectivity index (χ1v) is 8.01. The Labute approximate surface area is 137 Å². The normalized spacial score (nSPS) is 11.9. The zero-order chi connectivity index (χ0) is 15.9. The fourth-order valence-corrected chi connectivity index (χ4v) is 3.14. The molecule has 1 heterocycles. The Morgan fingerprint density at radius 3 is 2.50 bits per heavy atom. The van der Waals surface area contributed by atoms with Gasteiger partial charge in [0.1, 0.15) is 0 Å². The van der Waals surface area contributed by atoms with E-state index in [1.807, 2.05) is 30.3 Å². The molecule has 1 amide bonds. The van der Waals surface area contributed by atoms with Crippen molar-refractivity contribution in [2.45, 2.75) is 12.8 Å². The third-order valence-electron chi connectivity index (χ3n) is 3.18. The molecule has 0 aliphatic carbocycles. The molecule has 2 rings (SSSR count). The summed E-state index contributed by atoms with van der Waals surface area (Å²) in [5.41, 5.74) is 0.939. The molecule has 0 saturated carbocycles. The maximum absolute atomic E-state index is 11.9. The highest BCUT2D eigenvalue weighted by Gasteiger charge is 2.19. The van der Waals surface area contributed by atoms with Crippen molar-refractivity contribution in [3.63, 3.8) is 0 Å². The SMILES string of the molecule is O=C(Cc1ccc(Cl)s1)NCC(Cc1ccccc1)C(=O)O. The minimum atomic E-state index is -0.914. The van der Waals surface area contributed by atoms with Crippen molar-refractivity contribution in [1.29, 1.82) is 0 Å². The Morgan fingerprint density at radius 1 is 1.18 bits per heavy atom. The van der Waals surface area contributed by atoms with E-state index >= 15 is 0 Å². The molecule has 0 radical (unpaired) electrons. The van der Waals surface area contributed by atoms with Gasteiger partial charge in [0.15, 0.2) is 0 Å². The topological polar surface area (TPSA) is 66.4 Å². The molecule has 1 aromatic carbocycles. The summed E-state index contributed by atoms with van der Waals surface area (Å²) >= 11 is 7.16. The highest BCUT2D eigenvalue weighted by molar-refractivity contribution is 7.16. The molecule has 1 aromatic heterocycles. The van der Waals surface area contributed by atoms with E-state index in [0.717, 1.165) is 10.4 Å². The van der Waals surface area contributed by atoms with Gasteiger partial charge in [-0.1, -0.05) is 41.9 Å². The molecule has 2 aromatic rings. The summed E-state index contributed by atoms with van der Waals surface area (Å²) in [5, 5.41) is 12.0. The van der Waals surface area contributed by atoms with Crippen molar-refractivity contribution in [3.05, 3.63) is 57.2 Å². The van der Waals surface area contributed by atoms with Crippen LogP contribution in [0.25, 0.3) is 0 Å². The second kappa shape index (κ2) is 7.96. The van der Waals surface area contributed by atoms with Crippen LogP contribution in [0.1, 0.15) is 10.4 Å². The van der Waals surface area contributed by atoms with Crippen LogP contribution in [0.2, 0.25) is 4.34 Å². The van der Waals surface area contributed by atoms with Crippen LogP contribution in [0.3, 0.4) is 0 Å². The van der Waals surface area contributed by atoms with Crippen molar-refractivity contribution in [2.75, 3.05) is 6.54 Å². The van der Waals surface area contributed by atoms with Gasteiger partial charge < -0.3 is 10.4 Å². The van der Waals surface area contributed by atoms with Gasteiger partial charge in [0.2, 0.25) is 5.91 Å². The Kier molecular flexibility index (Phi) is 5.98. The summed E-state index contributed by atoms with van der Waals surface area (Å²) in [5.74, 6) is -1.75. The Balaban J connectivity index is 1.86. The van der Waals surface area contributed by atoms with Gasteiger partial charge >= 0.3 is 5.97 Å². The van der Waals surface area contributed by atoms with Gasteiger partial charge in [-0.15, -0.1) is 11.3 Å². The highest BCUT2D eigenvalue weighted by Crippen LogP contribution is 2.21. The summed E-state index contributed by atoms with van der Waals surface area (Å²) in [7, 11) is 0. The average Bonchev–Trinajstić information content (AvgIpc) is 2.89. The smallest absolute Gasteiger partial charge is 0.308 e. The lowest BCUT2D eigenvalue weighted by Gasteiger charge is -2.13. The molecular weight excluding hydrogens is 322 g/mol. The summed E-state index contributed by atoms with van der Waals surface area (Å²) in [4.78, 5) is 24.0. The zero-order valence-corrected chi connectivity index (χ0v) is 13.4. The fourth-order valence-electron chi connectivity index (χ4n) is 2.05. The van der Waals surface area contributed by atoms with Crippen LogP contribution in [0.5, 0.6) is 0 Å². The lowest BCUT2D eigenvalue weighted by Crippen LogP contribution is -2.34. The minimum Gasteiger partial charge on any atom is -0.481 e. The molecule has 2 N–H and O–H groups in total. The van der Waals surface area contributed by atoms with Crippen molar-refractivity contribution in [1.82, 2.24) is 5.32 Å². The van der Waals surface area contributed by atoms with E-state index < -0.39 is 11.9 Å². The molecule has 0 saturated heterocycles. The maximum Gasteiger partial charge on any atom is 0.308 e. The quantitative estimate of drug-likeness (QED) is 0.816. The van der Waals surface area contributed by atoms with Gasteiger partial charge in [-0.25, -0.2) is 0 Å². The van der Waals surface area contributed by atoms with E-state index in [0.29, 0.717) is 10.8 Å². The molecular formula is C16H16ClNO3S. The molecule has 0 spiro atoms. The number of benzene rings is 1. The van der Waals surface area contributed by atoms with E-state index in [1.165, 1.54) is 11.3 Å². The number of rotatable bonds is 7. The van der Waals surface area contributed by atoms with Gasteiger partial charge in [0, 0.05) is 11.4 Å². The van der Waals surface area contributed by atoms with Crippen LogP contribution in [-0.2, 0) is 22.4 Å².